The average molecular weight is 285 g/mol. The maximum absolute atomic E-state index is 11.4. The molecule has 1 saturated heterocycles. The second kappa shape index (κ2) is 4.99. The van der Waals surface area contributed by atoms with Crippen molar-refractivity contribution >= 4 is 21.4 Å². The normalized spacial score (nSPS) is 24.5. The van der Waals surface area contributed by atoms with Gasteiger partial charge in [0.25, 0.3) is 0 Å². The fourth-order valence-electron chi connectivity index (χ4n) is 2.19. The van der Waals surface area contributed by atoms with Gasteiger partial charge in [0, 0.05) is 12.6 Å². The van der Waals surface area contributed by atoms with Gasteiger partial charge in [0.1, 0.15) is 0 Å². The van der Waals surface area contributed by atoms with Gasteiger partial charge in [-0.05, 0) is 32.0 Å². The summed E-state index contributed by atoms with van der Waals surface area (Å²) >= 11 is 0. The summed E-state index contributed by atoms with van der Waals surface area (Å²) in [6, 6.07) is 4.65. The molecular weight excluding hydrogens is 266 g/mol. The number of anilines is 2. The molecule has 0 saturated carbocycles. The van der Waals surface area contributed by atoms with Crippen LogP contribution in [-0.2, 0) is 14.8 Å². The van der Waals surface area contributed by atoms with Crippen LogP contribution in [0.15, 0.2) is 23.1 Å². The van der Waals surface area contributed by atoms with Gasteiger partial charge in [-0.15, -0.1) is 0 Å². The van der Waals surface area contributed by atoms with Gasteiger partial charge in [0.15, 0.2) is 0 Å². The van der Waals surface area contributed by atoms with Gasteiger partial charge in [0.05, 0.1) is 29.0 Å². The highest BCUT2D eigenvalue weighted by molar-refractivity contribution is 7.89. The van der Waals surface area contributed by atoms with Crippen LogP contribution in [0.25, 0.3) is 0 Å². The molecule has 6 nitrogen and oxygen atoms in total. The zero-order valence-corrected chi connectivity index (χ0v) is 11.9. The Bertz CT molecular complexity index is 574. The summed E-state index contributed by atoms with van der Waals surface area (Å²) in [5, 5.41) is 5.16. The lowest BCUT2D eigenvalue weighted by molar-refractivity contribution is 0.0344. The van der Waals surface area contributed by atoms with Crippen molar-refractivity contribution in [3.8, 4) is 0 Å². The third kappa shape index (κ3) is 2.99. The predicted octanol–water partition coefficient (Wildman–Crippen LogP) is 0.530. The molecule has 0 amide bonds. The maximum atomic E-state index is 11.4. The first-order chi connectivity index (χ1) is 8.79. The third-order valence-electron chi connectivity index (χ3n) is 3.25. The molecule has 0 radical (unpaired) electrons. The number of hydrogen-bond acceptors (Lipinski definition) is 5. The minimum Gasteiger partial charge on any atom is -0.397 e. The summed E-state index contributed by atoms with van der Waals surface area (Å²) < 4.78 is 28.4. The smallest absolute Gasteiger partial charge is 0.238 e. The van der Waals surface area contributed by atoms with E-state index in [4.69, 9.17) is 15.6 Å². The van der Waals surface area contributed by atoms with Crippen LogP contribution in [0.2, 0.25) is 0 Å². The zero-order chi connectivity index (χ0) is 14.2. The molecule has 19 heavy (non-hydrogen) atoms. The third-order valence-corrected chi connectivity index (χ3v) is 4.16. The number of sulfonamides is 1. The molecule has 0 aromatic heterocycles. The molecule has 2 rings (SSSR count). The average Bonchev–Trinajstić information content (AvgIpc) is 2.32. The number of nitrogens with two attached hydrogens (primary N) is 2. The van der Waals surface area contributed by atoms with Gasteiger partial charge >= 0.3 is 0 Å². The van der Waals surface area contributed by atoms with E-state index >= 15 is 0 Å². The number of primary sulfonamides is 1. The molecule has 1 aliphatic rings. The molecule has 4 N–H and O–H groups in total. The Morgan fingerprint density at radius 3 is 2.68 bits per heavy atom. The molecule has 0 bridgehead atoms. The molecule has 1 aromatic rings. The minimum absolute atomic E-state index is 0.0723. The first-order valence-electron chi connectivity index (χ1n) is 6.09. The summed E-state index contributed by atoms with van der Waals surface area (Å²) in [6.45, 7) is 5.23. The molecule has 2 atom stereocenters. The number of hydrogen-bond donors (Lipinski definition) is 2. The van der Waals surface area contributed by atoms with Crippen LogP contribution in [0.4, 0.5) is 11.4 Å². The molecule has 106 valence electrons. The molecule has 1 heterocycles. The Hall–Kier alpha value is -1.31. The topological polar surface area (TPSA) is 98.7 Å². The molecular formula is C12H19N3O3S. The van der Waals surface area contributed by atoms with E-state index in [2.05, 4.69) is 4.90 Å². The fourth-order valence-corrected chi connectivity index (χ4v) is 2.72. The lowest BCUT2D eigenvalue weighted by atomic mass is 10.1. The van der Waals surface area contributed by atoms with Crippen molar-refractivity contribution in [3.63, 3.8) is 0 Å². The number of morpholine rings is 1. The van der Waals surface area contributed by atoms with Crippen LogP contribution in [0.5, 0.6) is 0 Å². The molecule has 1 fully saturated rings. The number of benzene rings is 1. The van der Waals surface area contributed by atoms with Crippen LogP contribution in [-0.4, -0.2) is 33.7 Å². The van der Waals surface area contributed by atoms with E-state index in [1.54, 1.807) is 6.07 Å². The van der Waals surface area contributed by atoms with Gasteiger partial charge in [0.2, 0.25) is 10.0 Å². The number of nitrogens with zero attached hydrogens (tertiary/aromatic N) is 1. The fraction of sp³-hybridized carbons (Fsp3) is 0.500. The standard InChI is InChI=1S/C12H19N3O3S/c1-8-7-18-9(2)6-15(8)12-5-10(19(14,16)17)3-4-11(12)13/h3-5,8-9H,6-7,13H2,1-2H3,(H2,14,16,17). The predicted molar refractivity (Wildman–Crippen MR) is 74.4 cm³/mol. The van der Waals surface area contributed by atoms with E-state index in [1.807, 2.05) is 13.8 Å². The quantitative estimate of drug-likeness (QED) is 0.772. The highest BCUT2D eigenvalue weighted by Crippen LogP contribution is 2.29. The van der Waals surface area contributed by atoms with E-state index in [0.717, 1.165) is 0 Å². The second-order valence-electron chi connectivity index (χ2n) is 4.91. The molecule has 1 aliphatic heterocycles. The first kappa shape index (κ1) is 14.1. The summed E-state index contributed by atoms with van der Waals surface area (Å²) in [5.74, 6) is 0. The van der Waals surface area contributed by atoms with Gasteiger partial charge < -0.3 is 15.4 Å². The van der Waals surface area contributed by atoms with Gasteiger partial charge in [-0.1, -0.05) is 0 Å². The van der Waals surface area contributed by atoms with Gasteiger partial charge in [-0.2, -0.15) is 0 Å². The van der Waals surface area contributed by atoms with E-state index < -0.39 is 10.0 Å². The Kier molecular flexibility index (Phi) is 3.71. The lowest BCUT2D eigenvalue weighted by Gasteiger charge is -2.39. The van der Waals surface area contributed by atoms with Crippen LogP contribution in [0.1, 0.15) is 13.8 Å². The van der Waals surface area contributed by atoms with Crippen molar-refractivity contribution in [2.75, 3.05) is 23.8 Å². The van der Waals surface area contributed by atoms with Crippen LogP contribution < -0.4 is 15.8 Å². The van der Waals surface area contributed by atoms with Gasteiger partial charge in [-0.3, -0.25) is 0 Å². The van der Waals surface area contributed by atoms with E-state index in [-0.39, 0.29) is 17.0 Å². The summed E-state index contributed by atoms with van der Waals surface area (Å²) in [4.78, 5) is 2.13. The van der Waals surface area contributed by atoms with Crippen LogP contribution >= 0.6 is 0 Å². The Morgan fingerprint density at radius 1 is 1.37 bits per heavy atom. The molecule has 0 spiro atoms. The SMILES string of the molecule is CC1CN(c2cc(S(N)(=O)=O)ccc2N)C(C)CO1. The van der Waals surface area contributed by atoms with E-state index in [9.17, 15) is 8.42 Å². The number of nitrogen functional groups attached to an aromatic ring is 1. The molecule has 2 unspecified atom stereocenters. The second-order valence-corrected chi connectivity index (χ2v) is 6.47. The minimum atomic E-state index is -3.73. The lowest BCUT2D eigenvalue weighted by Crippen LogP contribution is -2.47. The highest BCUT2D eigenvalue weighted by atomic mass is 32.2. The Morgan fingerprint density at radius 2 is 2.05 bits per heavy atom. The maximum Gasteiger partial charge on any atom is 0.238 e. The summed E-state index contributed by atoms with van der Waals surface area (Å²) in [6.07, 6.45) is 0.0775. The van der Waals surface area contributed by atoms with Crippen molar-refractivity contribution < 1.29 is 13.2 Å². The largest absolute Gasteiger partial charge is 0.397 e. The monoisotopic (exact) mass is 285 g/mol. The van der Waals surface area contributed by atoms with Crippen molar-refractivity contribution in [2.45, 2.75) is 30.9 Å². The first-order valence-corrected chi connectivity index (χ1v) is 7.64. The molecule has 7 heteroatoms. The van der Waals surface area contributed by atoms with Crippen LogP contribution in [0, 0.1) is 0 Å². The van der Waals surface area contributed by atoms with E-state index in [0.29, 0.717) is 24.5 Å². The highest BCUT2D eigenvalue weighted by Gasteiger charge is 2.25. The molecule has 0 aliphatic carbocycles. The van der Waals surface area contributed by atoms with Gasteiger partial charge in [-0.25, -0.2) is 13.6 Å². The van der Waals surface area contributed by atoms with Crippen LogP contribution in [0.3, 0.4) is 0 Å². The van der Waals surface area contributed by atoms with Crippen molar-refractivity contribution in [1.29, 1.82) is 0 Å². The van der Waals surface area contributed by atoms with Crippen molar-refractivity contribution in [3.05, 3.63) is 18.2 Å². The number of rotatable bonds is 2. The number of ether oxygens (including phenoxy) is 1. The summed E-state index contributed by atoms with van der Waals surface area (Å²) in [5.41, 5.74) is 7.18. The summed E-state index contributed by atoms with van der Waals surface area (Å²) in [7, 11) is -3.73. The van der Waals surface area contributed by atoms with Crippen molar-refractivity contribution in [2.24, 2.45) is 5.14 Å². The Balaban J connectivity index is 2.43. The Labute approximate surface area is 113 Å². The van der Waals surface area contributed by atoms with Crippen molar-refractivity contribution in [1.82, 2.24) is 0 Å². The van der Waals surface area contributed by atoms with E-state index in [1.165, 1.54) is 12.1 Å². The zero-order valence-electron chi connectivity index (χ0n) is 11.0. The molecule has 1 aromatic carbocycles.